The van der Waals surface area contributed by atoms with Crippen molar-refractivity contribution in [1.29, 1.82) is 0 Å². The van der Waals surface area contributed by atoms with Crippen molar-refractivity contribution in [3.63, 3.8) is 0 Å². The van der Waals surface area contributed by atoms with Crippen LogP contribution in [0, 0.1) is 23.5 Å². The van der Waals surface area contributed by atoms with E-state index in [1.807, 2.05) is 36.4 Å². The normalized spacial score (nSPS) is 19.8. The van der Waals surface area contributed by atoms with Crippen molar-refractivity contribution in [3.05, 3.63) is 71.8 Å². The molecule has 4 aromatic rings. The maximum atomic E-state index is 15.6. The van der Waals surface area contributed by atoms with Gasteiger partial charge in [-0.3, -0.25) is 9.69 Å². The molecule has 2 N–H and O–H groups in total. The highest BCUT2D eigenvalue weighted by Crippen LogP contribution is 2.34. The van der Waals surface area contributed by atoms with Crippen LogP contribution >= 0.6 is 0 Å². The second-order valence-corrected chi connectivity index (χ2v) is 14.0. The number of hydrogen-bond donors (Lipinski definition) is 2. The zero-order valence-electron chi connectivity index (χ0n) is 23.7. The van der Waals surface area contributed by atoms with E-state index < -0.39 is 27.4 Å². The zero-order valence-corrected chi connectivity index (χ0v) is 24.5. The van der Waals surface area contributed by atoms with Gasteiger partial charge >= 0.3 is 5.97 Å². The fraction of sp³-hybridized carbons (Fsp3) is 0.375. The first-order valence-electron chi connectivity index (χ1n) is 14.4. The third kappa shape index (κ3) is 6.57. The molecule has 0 radical (unpaired) electrons. The van der Waals surface area contributed by atoms with E-state index in [9.17, 15) is 18.3 Å². The third-order valence-corrected chi connectivity index (χ3v) is 9.46. The van der Waals surface area contributed by atoms with Gasteiger partial charge in [-0.1, -0.05) is 48.5 Å². The van der Waals surface area contributed by atoms with E-state index in [0.717, 1.165) is 36.3 Å². The number of ether oxygens (including phenoxy) is 1. The molecule has 0 atom stereocenters. The van der Waals surface area contributed by atoms with Gasteiger partial charge in [0.2, 0.25) is 0 Å². The summed E-state index contributed by atoms with van der Waals surface area (Å²) in [6, 6.07) is 16.4. The summed E-state index contributed by atoms with van der Waals surface area (Å²) >= 11 is 0. The van der Waals surface area contributed by atoms with Crippen molar-refractivity contribution in [3.8, 4) is 28.3 Å². The summed E-state index contributed by atoms with van der Waals surface area (Å²) in [5.74, 6) is -2.25. The number of benzene rings is 3. The smallest absolute Gasteiger partial charge is 0.306 e. The van der Waals surface area contributed by atoms with E-state index in [1.165, 1.54) is 12.3 Å². The number of carbonyl (C=O) groups is 1. The number of aromatic amines is 1. The highest BCUT2D eigenvalue weighted by Gasteiger charge is 2.30. The minimum atomic E-state index is -2.95. The number of nitrogens with zero attached hydrogens (tertiary/aromatic N) is 2. The summed E-state index contributed by atoms with van der Waals surface area (Å²) < 4.78 is 59.5. The number of likely N-dealkylation sites (tertiary alicyclic amines) is 1. The summed E-state index contributed by atoms with van der Waals surface area (Å²) in [6.45, 7) is 2.31. The number of nitrogens with one attached hydrogen (secondary N) is 1. The van der Waals surface area contributed by atoms with Crippen LogP contribution in [0.1, 0.15) is 31.2 Å². The van der Waals surface area contributed by atoms with E-state index in [1.54, 1.807) is 12.1 Å². The molecule has 0 spiro atoms. The largest absolute Gasteiger partial charge is 0.481 e. The third-order valence-electron chi connectivity index (χ3n) is 8.39. The van der Waals surface area contributed by atoms with Crippen LogP contribution in [0.4, 0.5) is 8.78 Å². The monoisotopic (exact) mass is 609 g/mol. The first-order valence-corrected chi connectivity index (χ1v) is 16.5. The van der Waals surface area contributed by atoms with Crippen LogP contribution in [0.3, 0.4) is 0 Å². The highest BCUT2D eigenvalue weighted by atomic mass is 32.2. The summed E-state index contributed by atoms with van der Waals surface area (Å²) in [5, 5.41) is 9.18. The summed E-state index contributed by atoms with van der Waals surface area (Å²) in [6.07, 6.45) is 3.15. The number of carboxylic acids is 1. The van der Waals surface area contributed by atoms with Crippen LogP contribution < -0.4 is 4.74 Å². The number of imidazole rings is 1. The summed E-state index contributed by atoms with van der Waals surface area (Å²) in [7, 11) is -2.95. The van der Waals surface area contributed by atoms with E-state index in [4.69, 9.17) is 4.74 Å². The Morgan fingerprint density at radius 2 is 1.60 bits per heavy atom. The number of aromatic nitrogens is 2. The number of fused-ring (bicyclic) bond motifs is 1. The first kappa shape index (κ1) is 29.3. The van der Waals surface area contributed by atoms with Crippen molar-refractivity contribution in [1.82, 2.24) is 14.9 Å². The Bertz CT molecular complexity index is 1740. The fourth-order valence-electron chi connectivity index (χ4n) is 6.19. The van der Waals surface area contributed by atoms with Crippen molar-refractivity contribution in [2.75, 3.05) is 25.1 Å². The van der Waals surface area contributed by atoms with Gasteiger partial charge in [-0.15, -0.1) is 0 Å². The maximum absolute atomic E-state index is 15.6. The first-order chi connectivity index (χ1) is 20.5. The number of H-pyrrole nitrogens is 1. The topological polar surface area (TPSA) is 113 Å². The molecule has 1 aromatic heterocycles. The van der Waals surface area contributed by atoms with Gasteiger partial charge in [0.25, 0.3) is 6.01 Å². The van der Waals surface area contributed by atoms with E-state index in [0.29, 0.717) is 31.2 Å². The number of sulfone groups is 1. The highest BCUT2D eigenvalue weighted by molar-refractivity contribution is 7.90. The van der Waals surface area contributed by atoms with Crippen LogP contribution in [0.5, 0.6) is 6.01 Å². The lowest BCUT2D eigenvalue weighted by Crippen LogP contribution is -2.48. The van der Waals surface area contributed by atoms with Crippen LogP contribution in [0.15, 0.2) is 54.6 Å². The Kier molecular flexibility index (Phi) is 7.95. The van der Waals surface area contributed by atoms with Gasteiger partial charge in [0.05, 0.1) is 22.8 Å². The van der Waals surface area contributed by atoms with E-state index >= 15 is 8.78 Å². The van der Waals surface area contributed by atoms with Gasteiger partial charge in [0.1, 0.15) is 27.3 Å². The maximum Gasteiger partial charge on any atom is 0.306 e. The molecule has 0 unspecified atom stereocenters. The Hall–Kier alpha value is -3.83. The van der Waals surface area contributed by atoms with Crippen LogP contribution in [-0.2, 0) is 21.2 Å². The molecule has 0 amide bonds. The van der Waals surface area contributed by atoms with Gasteiger partial charge < -0.3 is 14.8 Å². The second kappa shape index (κ2) is 11.7. The standard InChI is InChI=1S/C32H33F2N3O5S/c1-43(40,41)18-20-16-37(17-20)15-19-2-4-21(5-3-19)22-6-8-23(9-7-22)28-26(33)14-27-30(29(28)34)36-32(35-27)42-25-12-10-24(11-13-25)31(38)39/h2-9,14,20,24-25H,10-13,15-18H2,1H3,(H,35,36)(H,38,39)/t24-,25+. The fourth-order valence-corrected chi connectivity index (χ4v) is 7.26. The van der Waals surface area contributed by atoms with Gasteiger partial charge in [-0.05, 0) is 53.9 Å². The molecule has 43 heavy (non-hydrogen) atoms. The lowest BCUT2D eigenvalue weighted by molar-refractivity contribution is -0.143. The Morgan fingerprint density at radius 3 is 2.21 bits per heavy atom. The molecule has 11 heteroatoms. The molecule has 1 saturated heterocycles. The Balaban J connectivity index is 1.12. The summed E-state index contributed by atoms with van der Waals surface area (Å²) in [5.41, 5.74) is 3.39. The number of halogens is 2. The molecule has 6 rings (SSSR count). The van der Waals surface area contributed by atoms with Crippen molar-refractivity contribution in [2.24, 2.45) is 11.8 Å². The average molecular weight is 610 g/mol. The Morgan fingerprint density at radius 1 is 1.00 bits per heavy atom. The quantitative estimate of drug-likeness (QED) is 0.251. The molecule has 1 saturated carbocycles. The van der Waals surface area contributed by atoms with Gasteiger partial charge in [0.15, 0.2) is 5.82 Å². The molecule has 2 heterocycles. The summed E-state index contributed by atoms with van der Waals surface area (Å²) in [4.78, 5) is 20.5. The number of rotatable bonds is 9. The number of aliphatic carboxylic acids is 1. The second-order valence-electron chi connectivity index (χ2n) is 11.8. The zero-order chi connectivity index (χ0) is 30.3. The molecule has 3 aromatic carbocycles. The number of hydrogen-bond acceptors (Lipinski definition) is 6. The molecule has 2 aliphatic rings. The molecule has 0 bridgehead atoms. The molecule has 1 aliphatic heterocycles. The van der Waals surface area contributed by atoms with Crippen molar-refractivity contribution >= 4 is 26.8 Å². The van der Waals surface area contributed by atoms with Crippen LogP contribution in [-0.4, -0.2) is 65.6 Å². The molecule has 226 valence electrons. The van der Waals surface area contributed by atoms with Gasteiger partial charge in [0, 0.05) is 32.0 Å². The predicted molar refractivity (Wildman–Crippen MR) is 159 cm³/mol. The predicted octanol–water partition coefficient (Wildman–Crippen LogP) is 5.67. The SMILES string of the molecule is CS(=O)(=O)CC1CN(Cc2ccc(-c3ccc(-c4c(F)cc5[nH]c(O[C@H]6CC[C@@H](C(=O)O)CC6)nc5c4F)cc3)cc2)C1. The molecule has 8 nitrogen and oxygen atoms in total. The van der Waals surface area contributed by atoms with E-state index in [2.05, 4.69) is 14.9 Å². The number of carboxylic acid groups (broad SMARTS) is 1. The Labute approximate surface area is 248 Å². The minimum Gasteiger partial charge on any atom is -0.481 e. The lowest BCUT2D eigenvalue weighted by Gasteiger charge is -2.39. The lowest BCUT2D eigenvalue weighted by atomic mass is 9.87. The van der Waals surface area contributed by atoms with E-state index in [-0.39, 0.29) is 46.3 Å². The minimum absolute atomic E-state index is 0.0184. The van der Waals surface area contributed by atoms with Crippen molar-refractivity contribution in [2.45, 2.75) is 38.3 Å². The van der Waals surface area contributed by atoms with Crippen LogP contribution in [0.25, 0.3) is 33.3 Å². The average Bonchev–Trinajstić information content (AvgIpc) is 3.34. The van der Waals surface area contributed by atoms with Crippen LogP contribution in [0.2, 0.25) is 0 Å². The van der Waals surface area contributed by atoms with Gasteiger partial charge in [-0.25, -0.2) is 17.2 Å². The molecular formula is C32H33F2N3O5S. The molecule has 2 fully saturated rings. The molecular weight excluding hydrogens is 576 g/mol. The molecule has 1 aliphatic carbocycles. The van der Waals surface area contributed by atoms with Gasteiger partial charge in [-0.2, -0.15) is 4.98 Å². The van der Waals surface area contributed by atoms with Crippen molar-refractivity contribution < 1.29 is 31.8 Å².